The topological polar surface area (TPSA) is 81.6 Å². The van der Waals surface area contributed by atoms with Crippen molar-refractivity contribution in [3.8, 4) is 0 Å². The number of nitrogens with one attached hydrogen (secondary N) is 3. The molecule has 0 unspecified atom stereocenters. The first-order chi connectivity index (χ1) is 10.6. The number of amides is 1. The molecule has 1 aromatic rings. The van der Waals surface area contributed by atoms with Gasteiger partial charge in [-0.15, -0.1) is 0 Å². The number of anilines is 1. The Balaban J connectivity index is 2.57. The van der Waals surface area contributed by atoms with Gasteiger partial charge in [-0.25, -0.2) is 4.98 Å². The van der Waals surface area contributed by atoms with Crippen molar-refractivity contribution < 1.29 is 32.5 Å². The fourth-order valence-corrected chi connectivity index (χ4v) is 2.45. The van der Waals surface area contributed by atoms with E-state index in [9.17, 15) is 22.8 Å². The Kier molecular flexibility index (Phi) is 4.25. The van der Waals surface area contributed by atoms with E-state index in [-0.39, 0.29) is 10.8 Å². The number of aromatic nitrogens is 1. The first-order valence-corrected chi connectivity index (χ1v) is 6.61. The molecule has 2 atom stereocenters. The Morgan fingerprint density at radius 1 is 1.52 bits per heavy atom. The predicted molar refractivity (Wildman–Crippen MR) is 73.2 cm³/mol. The van der Waals surface area contributed by atoms with Gasteiger partial charge in [0, 0.05) is 11.8 Å². The fourth-order valence-electron chi connectivity index (χ4n) is 2.33. The predicted octanol–water partition coefficient (Wildman–Crippen LogP) is 1.30. The van der Waals surface area contributed by atoms with E-state index in [0.717, 1.165) is 7.11 Å². The first kappa shape index (κ1) is 17.1. The molecule has 2 heterocycles. The maximum absolute atomic E-state index is 13.7. The summed E-state index contributed by atoms with van der Waals surface area (Å²) < 4.78 is 45.6. The number of esters is 1. The van der Waals surface area contributed by atoms with Crippen LogP contribution in [0, 0.1) is 5.92 Å². The molecular weight excluding hydrogens is 339 g/mol. The highest BCUT2D eigenvalue weighted by atomic mass is 35.5. The fraction of sp³-hybridized carbons (Fsp3) is 0.308. The summed E-state index contributed by atoms with van der Waals surface area (Å²) in [5.74, 6) is -4.84. The van der Waals surface area contributed by atoms with Gasteiger partial charge in [0.15, 0.2) is 5.92 Å². The molecule has 6 nitrogen and oxygen atoms in total. The van der Waals surface area contributed by atoms with E-state index in [1.165, 1.54) is 18.3 Å². The van der Waals surface area contributed by atoms with Gasteiger partial charge in [-0.3, -0.25) is 14.9 Å². The van der Waals surface area contributed by atoms with Crippen LogP contribution in [-0.2, 0) is 14.3 Å². The summed E-state index contributed by atoms with van der Waals surface area (Å²) in [6.07, 6.45) is -3.88. The molecule has 1 aromatic heterocycles. The number of H-pyrrole nitrogens is 1. The van der Waals surface area contributed by atoms with Gasteiger partial charge >= 0.3 is 12.1 Å². The van der Waals surface area contributed by atoms with Crippen LogP contribution in [0.2, 0.25) is 5.02 Å². The third-order valence-electron chi connectivity index (χ3n) is 3.40. The van der Waals surface area contributed by atoms with Gasteiger partial charge in [-0.05, 0) is 6.07 Å². The Labute approximate surface area is 133 Å². The van der Waals surface area contributed by atoms with Gasteiger partial charge in [-0.2, -0.15) is 13.2 Å². The molecule has 1 fully saturated rings. The second kappa shape index (κ2) is 5.73. The van der Waals surface area contributed by atoms with E-state index in [2.05, 4.69) is 21.6 Å². The average molecular weight is 351 g/mol. The number of carbonyl (C=O) groups excluding carboxylic acids is 2. The van der Waals surface area contributed by atoms with Crippen LogP contribution in [0.1, 0.15) is 0 Å². The van der Waals surface area contributed by atoms with Crippen LogP contribution < -0.4 is 15.6 Å². The van der Waals surface area contributed by atoms with Gasteiger partial charge in [-0.1, -0.05) is 18.2 Å². The summed E-state index contributed by atoms with van der Waals surface area (Å²) in [5.41, 5.74) is -3.65. The van der Waals surface area contributed by atoms with E-state index in [0.29, 0.717) is 0 Å². The van der Waals surface area contributed by atoms with E-state index in [4.69, 9.17) is 11.6 Å². The zero-order chi connectivity index (χ0) is 17.4. The van der Waals surface area contributed by atoms with E-state index in [1.807, 2.05) is 5.32 Å². The van der Waals surface area contributed by atoms with E-state index in [1.54, 1.807) is 0 Å². The minimum Gasteiger partial charge on any atom is -0.468 e. The number of hydrogen-bond acceptors (Lipinski definition) is 4. The van der Waals surface area contributed by atoms with Crippen molar-refractivity contribution in [2.24, 2.45) is 5.92 Å². The van der Waals surface area contributed by atoms with Crippen molar-refractivity contribution in [1.82, 2.24) is 5.32 Å². The van der Waals surface area contributed by atoms with Gasteiger partial charge in [0.05, 0.1) is 12.1 Å². The van der Waals surface area contributed by atoms with Gasteiger partial charge < -0.3 is 10.1 Å². The number of alkyl halides is 3. The number of rotatable bonds is 3. The number of carbonyl (C=O) groups is 2. The molecule has 1 amide bonds. The van der Waals surface area contributed by atoms with E-state index < -0.39 is 35.2 Å². The standard InChI is InChI=1S/C13H11ClF3N3O3/c1-6-9(10(21)23-2)12(11(22)19-6,13(15,16)17)20-8-4-3-7(14)5-18-8/h3-5,9H,1H2,2H3,(H,18,20)(H,19,22)/p+1/t9-,12-/m1/s1. The molecule has 1 aliphatic rings. The molecular formula is C13H12ClF3N3O3+. The van der Waals surface area contributed by atoms with Crippen molar-refractivity contribution in [1.29, 1.82) is 0 Å². The molecule has 0 bridgehead atoms. The SMILES string of the molecule is C=C1NC(=O)[C@@](Nc2ccc(Cl)c[nH+]2)(C(F)(F)F)[C@H]1C(=O)OC. The van der Waals surface area contributed by atoms with E-state index >= 15 is 0 Å². The molecule has 10 heteroatoms. The summed E-state index contributed by atoms with van der Waals surface area (Å²) in [7, 11) is 0.925. The lowest BCUT2D eigenvalue weighted by Gasteiger charge is -2.29. The maximum Gasteiger partial charge on any atom is 0.442 e. The zero-order valence-corrected chi connectivity index (χ0v) is 12.5. The van der Waals surface area contributed by atoms with Crippen LogP contribution in [0.5, 0.6) is 0 Å². The second-order valence-electron chi connectivity index (χ2n) is 4.79. The molecule has 2 rings (SSSR count). The Morgan fingerprint density at radius 2 is 2.17 bits per heavy atom. The lowest BCUT2D eigenvalue weighted by atomic mass is 9.84. The summed E-state index contributed by atoms with van der Waals surface area (Å²) in [5, 5.41) is 4.26. The van der Waals surface area contributed by atoms with Crippen LogP contribution in [0.4, 0.5) is 19.0 Å². The smallest absolute Gasteiger partial charge is 0.442 e. The summed E-state index contributed by atoms with van der Waals surface area (Å²) in [6, 6.07) is 2.53. The monoisotopic (exact) mass is 350 g/mol. The van der Waals surface area contributed by atoms with Crippen molar-refractivity contribution in [3.63, 3.8) is 0 Å². The lowest BCUT2D eigenvalue weighted by molar-refractivity contribution is -0.362. The Morgan fingerprint density at radius 3 is 2.65 bits per heavy atom. The lowest BCUT2D eigenvalue weighted by Crippen LogP contribution is -2.63. The summed E-state index contributed by atoms with van der Waals surface area (Å²) in [6.45, 7) is 3.32. The van der Waals surface area contributed by atoms with Crippen molar-refractivity contribution in [2.75, 3.05) is 12.4 Å². The van der Waals surface area contributed by atoms with Crippen LogP contribution in [0.3, 0.4) is 0 Å². The van der Waals surface area contributed by atoms with Crippen LogP contribution in [-0.4, -0.2) is 30.7 Å². The van der Waals surface area contributed by atoms with Crippen molar-refractivity contribution in [3.05, 3.63) is 35.6 Å². The molecule has 0 saturated carbocycles. The normalized spacial score (nSPS) is 24.3. The van der Waals surface area contributed by atoms with Crippen LogP contribution in [0.15, 0.2) is 30.6 Å². The quantitative estimate of drug-likeness (QED) is 0.805. The molecule has 1 saturated heterocycles. The molecule has 3 N–H and O–H groups in total. The molecule has 0 aromatic carbocycles. The van der Waals surface area contributed by atoms with Gasteiger partial charge in [0.25, 0.3) is 17.3 Å². The molecule has 0 spiro atoms. The van der Waals surface area contributed by atoms with Gasteiger partial charge in [0.1, 0.15) is 6.20 Å². The van der Waals surface area contributed by atoms with Crippen LogP contribution >= 0.6 is 11.6 Å². The minimum absolute atomic E-state index is 0.162. The van der Waals surface area contributed by atoms with Crippen LogP contribution in [0.25, 0.3) is 0 Å². The van der Waals surface area contributed by atoms with Crippen molar-refractivity contribution >= 4 is 29.3 Å². The minimum atomic E-state index is -5.11. The second-order valence-corrected chi connectivity index (χ2v) is 5.22. The highest BCUT2D eigenvalue weighted by molar-refractivity contribution is 6.30. The molecule has 1 aliphatic heterocycles. The summed E-state index contributed by atoms with van der Waals surface area (Å²) >= 11 is 5.66. The largest absolute Gasteiger partial charge is 0.468 e. The third-order valence-corrected chi connectivity index (χ3v) is 3.64. The highest BCUT2D eigenvalue weighted by Gasteiger charge is 2.75. The molecule has 23 heavy (non-hydrogen) atoms. The van der Waals surface area contributed by atoms with Crippen molar-refractivity contribution in [2.45, 2.75) is 11.7 Å². The number of hydrogen-bond donors (Lipinski definition) is 2. The third kappa shape index (κ3) is 2.72. The van der Waals surface area contributed by atoms with Gasteiger partial charge in [0.2, 0.25) is 0 Å². The maximum atomic E-state index is 13.7. The molecule has 124 valence electrons. The number of ether oxygens (including phenoxy) is 1. The highest BCUT2D eigenvalue weighted by Crippen LogP contribution is 2.45. The molecule has 0 radical (unpaired) electrons. The Bertz CT molecular complexity index is 663. The number of methoxy groups -OCH3 is 1. The number of halogens is 4. The molecule has 0 aliphatic carbocycles. The zero-order valence-electron chi connectivity index (χ0n) is 11.8. The number of pyridine rings is 1. The first-order valence-electron chi connectivity index (χ1n) is 6.23. The number of aromatic amines is 1. The summed E-state index contributed by atoms with van der Waals surface area (Å²) in [4.78, 5) is 26.4. The average Bonchev–Trinajstić information content (AvgIpc) is 2.72. The Hall–Kier alpha value is -2.29.